The molecule has 1 atom stereocenters. The van der Waals surface area contributed by atoms with Crippen LogP contribution in [0.5, 0.6) is 11.5 Å². The fourth-order valence-electron chi connectivity index (χ4n) is 3.97. The number of benzene rings is 2. The van der Waals surface area contributed by atoms with Gasteiger partial charge in [0, 0.05) is 22.9 Å². The molecule has 0 spiro atoms. The van der Waals surface area contributed by atoms with E-state index in [0.29, 0.717) is 16.5 Å². The summed E-state index contributed by atoms with van der Waals surface area (Å²) in [4.78, 5) is 2.40. The van der Waals surface area contributed by atoms with Crippen LogP contribution in [0.25, 0.3) is 0 Å². The summed E-state index contributed by atoms with van der Waals surface area (Å²) in [5, 5.41) is 11.2. The van der Waals surface area contributed by atoms with Crippen molar-refractivity contribution >= 4 is 22.9 Å². The third kappa shape index (κ3) is 2.75. The van der Waals surface area contributed by atoms with Gasteiger partial charge in [-0.25, -0.2) is 0 Å². The van der Waals surface area contributed by atoms with E-state index in [4.69, 9.17) is 21.7 Å². The Hall–Kier alpha value is -2.11. The summed E-state index contributed by atoms with van der Waals surface area (Å²) in [5.74, 6) is 1.40. The standard InChI is InChI=1S/C21H23NO3S/c1-21(23)17-10-6-5-9-16(17)20(26)22(21)14-11-12-18(24-2)19(13-14)25-15-7-3-4-8-15/h5-6,9-13,15,23H,3-4,7-8H2,1-2H3. The lowest BCUT2D eigenvalue weighted by Gasteiger charge is -2.33. The van der Waals surface area contributed by atoms with Gasteiger partial charge in [0.25, 0.3) is 0 Å². The third-order valence-corrected chi connectivity index (χ3v) is 5.71. The quantitative estimate of drug-likeness (QED) is 0.810. The molecule has 1 aliphatic carbocycles. The van der Waals surface area contributed by atoms with Crippen LogP contribution in [0.2, 0.25) is 0 Å². The van der Waals surface area contributed by atoms with E-state index in [2.05, 4.69) is 0 Å². The second kappa shape index (κ2) is 6.56. The molecule has 4 rings (SSSR count). The molecule has 1 fully saturated rings. The number of anilines is 1. The number of thiocarbonyl (C=S) groups is 1. The smallest absolute Gasteiger partial charge is 0.167 e. The first-order valence-electron chi connectivity index (χ1n) is 9.03. The van der Waals surface area contributed by atoms with Crippen LogP contribution >= 0.6 is 12.2 Å². The van der Waals surface area contributed by atoms with Gasteiger partial charge in [-0.2, -0.15) is 0 Å². The molecule has 5 heteroatoms. The second-order valence-electron chi connectivity index (χ2n) is 7.07. The van der Waals surface area contributed by atoms with E-state index in [9.17, 15) is 5.11 Å². The number of fused-ring (bicyclic) bond motifs is 1. The first-order chi connectivity index (χ1) is 12.5. The number of nitrogens with zero attached hydrogens (tertiary/aromatic N) is 1. The van der Waals surface area contributed by atoms with Gasteiger partial charge in [0.2, 0.25) is 0 Å². The molecular weight excluding hydrogens is 346 g/mol. The Balaban J connectivity index is 1.73. The van der Waals surface area contributed by atoms with E-state index in [1.54, 1.807) is 18.9 Å². The predicted molar refractivity (Wildman–Crippen MR) is 106 cm³/mol. The fourth-order valence-corrected chi connectivity index (χ4v) is 4.43. The molecule has 1 unspecified atom stereocenters. The first-order valence-corrected chi connectivity index (χ1v) is 9.44. The Kier molecular flexibility index (Phi) is 4.37. The lowest BCUT2D eigenvalue weighted by atomic mass is 10.0. The summed E-state index contributed by atoms with van der Waals surface area (Å²) < 4.78 is 11.7. The second-order valence-corrected chi connectivity index (χ2v) is 7.45. The minimum Gasteiger partial charge on any atom is -0.493 e. The van der Waals surface area contributed by atoms with Gasteiger partial charge in [-0.05, 0) is 44.7 Å². The molecular formula is C21H23NO3S. The van der Waals surface area contributed by atoms with Crippen molar-refractivity contribution in [3.05, 3.63) is 53.6 Å². The normalized spacial score (nSPS) is 22.6. The maximum absolute atomic E-state index is 11.2. The number of hydrogen-bond donors (Lipinski definition) is 1. The average Bonchev–Trinajstić information content (AvgIpc) is 3.21. The van der Waals surface area contributed by atoms with Crippen molar-refractivity contribution in [1.82, 2.24) is 0 Å². The fraction of sp³-hybridized carbons (Fsp3) is 0.381. The zero-order valence-electron chi connectivity index (χ0n) is 15.1. The summed E-state index contributed by atoms with van der Waals surface area (Å²) in [5.41, 5.74) is 1.30. The Labute approximate surface area is 159 Å². The van der Waals surface area contributed by atoms with E-state index in [0.717, 1.165) is 29.7 Å². The molecule has 0 bridgehead atoms. The molecule has 1 heterocycles. The minimum absolute atomic E-state index is 0.224. The molecule has 26 heavy (non-hydrogen) atoms. The SMILES string of the molecule is COc1ccc(N2C(=S)c3ccccc3C2(C)O)cc1OC1CCCC1. The Morgan fingerprint density at radius 2 is 1.85 bits per heavy atom. The number of hydrogen-bond acceptors (Lipinski definition) is 4. The number of methoxy groups -OCH3 is 1. The van der Waals surface area contributed by atoms with Crippen molar-refractivity contribution in [2.24, 2.45) is 0 Å². The van der Waals surface area contributed by atoms with Gasteiger partial charge in [0.1, 0.15) is 4.99 Å². The molecule has 1 saturated carbocycles. The topological polar surface area (TPSA) is 41.9 Å². The Morgan fingerprint density at radius 1 is 1.12 bits per heavy atom. The summed E-state index contributed by atoms with van der Waals surface area (Å²) in [7, 11) is 1.64. The first kappa shape index (κ1) is 17.3. The van der Waals surface area contributed by atoms with E-state index in [1.165, 1.54) is 12.8 Å². The van der Waals surface area contributed by atoms with Gasteiger partial charge in [0.05, 0.1) is 13.2 Å². The number of ether oxygens (including phenoxy) is 2. The van der Waals surface area contributed by atoms with Crippen molar-refractivity contribution in [3.63, 3.8) is 0 Å². The van der Waals surface area contributed by atoms with Gasteiger partial charge >= 0.3 is 0 Å². The highest BCUT2D eigenvalue weighted by atomic mass is 32.1. The molecule has 0 aromatic heterocycles. The molecule has 1 aliphatic heterocycles. The maximum Gasteiger partial charge on any atom is 0.167 e. The zero-order chi connectivity index (χ0) is 18.3. The Morgan fingerprint density at radius 3 is 2.54 bits per heavy atom. The highest BCUT2D eigenvalue weighted by molar-refractivity contribution is 7.81. The van der Waals surface area contributed by atoms with Gasteiger partial charge < -0.3 is 14.6 Å². The summed E-state index contributed by atoms with van der Waals surface area (Å²) in [6.07, 6.45) is 4.76. The van der Waals surface area contributed by atoms with Crippen molar-refractivity contribution in [2.45, 2.75) is 44.4 Å². The molecule has 0 amide bonds. The molecule has 4 nitrogen and oxygen atoms in total. The molecule has 2 aliphatic rings. The van der Waals surface area contributed by atoms with Crippen LogP contribution < -0.4 is 14.4 Å². The van der Waals surface area contributed by atoms with Crippen LogP contribution in [0, 0.1) is 0 Å². The van der Waals surface area contributed by atoms with Crippen LogP contribution in [0.4, 0.5) is 5.69 Å². The lowest BCUT2D eigenvalue weighted by Crippen LogP contribution is -2.41. The zero-order valence-corrected chi connectivity index (χ0v) is 15.9. The van der Waals surface area contributed by atoms with E-state index >= 15 is 0 Å². The predicted octanol–water partition coefficient (Wildman–Crippen LogP) is 4.38. The van der Waals surface area contributed by atoms with Crippen molar-refractivity contribution in [3.8, 4) is 11.5 Å². The van der Waals surface area contributed by atoms with Gasteiger partial charge in [-0.3, -0.25) is 4.90 Å². The summed E-state index contributed by atoms with van der Waals surface area (Å²) in [6, 6.07) is 13.4. The van der Waals surface area contributed by atoms with Crippen LogP contribution in [0.3, 0.4) is 0 Å². The monoisotopic (exact) mass is 369 g/mol. The van der Waals surface area contributed by atoms with Crippen LogP contribution in [0.15, 0.2) is 42.5 Å². The molecule has 0 radical (unpaired) electrons. The van der Waals surface area contributed by atoms with Crippen molar-refractivity contribution in [1.29, 1.82) is 0 Å². The van der Waals surface area contributed by atoms with Crippen LogP contribution in [-0.4, -0.2) is 23.3 Å². The molecule has 0 saturated heterocycles. The van der Waals surface area contributed by atoms with Gasteiger partial charge in [-0.1, -0.05) is 36.5 Å². The molecule has 2 aromatic carbocycles. The Bertz CT molecular complexity index is 843. The van der Waals surface area contributed by atoms with E-state index in [-0.39, 0.29) is 6.10 Å². The number of rotatable bonds is 4. The largest absolute Gasteiger partial charge is 0.493 e. The maximum atomic E-state index is 11.2. The summed E-state index contributed by atoms with van der Waals surface area (Å²) in [6.45, 7) is 1.77. The van der Waals surface area contributed by atoms with Gasteiger partial charge in [0.15, 0.2) is 17.2 Å². The van der Waals surface area contributed by atoms with Crippen LogP contribution in [0.1, 0.15) is 43.7 Å². The molecule has 1 N–H and O–H groups in total. The lowest BCUT2D eigenvalue weighted by molar-refractivity contribution is 0.0730. The molecule has 136 valence electrons. The number of aliphatic hydroxyl groups is 1. The third-order valence-electron chi connectivity index (χ3n) is 5.31. The van der Waals surface area contributed by atoms with Crippen molar-refractivity contribution in [2.75, 3.05) is 12.0 Å². The molecule has 2 aromatic rings. The van der Waals surface area contributed by atoms with Crippen LogP contribution in [-0.2, 0) is 5.72 Å². The van der Waals surface area contributed by atoms with Crippen molar-refractivity contribution < 1.29 is 14.6 Å². The van der Waals surface area contributed by atoms with E-state index in [1.807, 2.05) is 42.5 Å². The summed E-state index contributed by atoms with van der Waals surface area (Å²) >= 11 is 5.67. The average molecular weight is 369 g/mol. The minimum atomic E-state index is -1.20. The highest BCUT2D eigenvalue weighted by Crippen LogP contribution is 2.43. The highest BCUT2D eigenvalue weighted by Gasteiger charge is 2.43. The van der Waals surface area contributed by atoms with E-state index < -0.39 is 5.72 Å². The van der Waals surface area contributed by atoms with Gasteiger partial charge in [-0.15, -0.1) is 0 Å².